The molecule has 0 aliphatic heterocycles. The molecule has 2 rings (SSSR count). The number of anilines is 1. The van der Waals surface area contributed by atoms with Crippen LogP contribution in [-0.4, -0.2) is 36.9 Å². The summed E-state index contributed by atoms with van der Waals surface area (Å²) in [6, 6.07) is 1.99. The highest BCUT2D eigenvalue weighted by Crippen LogP contribution is 2.46. The van der Waals surface area contributed by atoms with Gasteiger partial charge in [0, 0.05) is 35.1 Å². The third-order valence-electron chi connectivity index (χ3n) is 4.34. The number of rotatable bonds is 5. The molecule has 0 bridgehead atoms. The zero-order valence-electron chi connectivity index (χ0n) is 16.0. The second-order valence-corrected chi connectivity index (χ2v) is 11.5. The van der Waals surface area contributed by atoms with Crippen LogP contribution in [0.15, 0.2) is 6.07 Å². The quantitative estimate of drug-likeness (QED) is 0.879. The lowest BCUT2D eigenvalue weighted by atomic mass is 9.90. The molecule has 1 aliphatic carbocycles. The van der Waals surface area contributed by atoms with Gasteiger partial charge in [-0.15, -0.1) is 0 Å². The number of hydrogen-bond acceptors (Lipinski definition) is 5. The molecule has 1 saturated carbocycles. The molecule has 1 aromatic heterocycles. The average Bonchev–Trinajstić information content (AvgIpc) is 3.12. The molecule has 0 aromatic carbocycles. The van der Waals surface area contributed by atoms with Gasteiger partial charge in [0.15, 0.2) is 0 Å². The Morgan fingerprint density at radius 3 is 2.08 bits per heavy atom. The van der Waals surface area contributed by atoms with Crippen LogP contribution in [0.4, 0.5) is 5.82 Å². The molecule has 0 unspecified atom stereocenters. The predicted molar refractivity (Wildman–Crippen MR) is 99.3 cm³/mol. The maximum Gasteiger partial charge on any atom is 0.148 e. The van der Waals surface area contributed by atoms with Gasteiger partial charge in [-0.25, -0.2) is 18.4 Å². The maximum atomic E-state index is 11.6. The maximum absolute atomic E-state index is 11.6. The Balaban J connectivity index is 2.24. The topological polar surface area (TPSA) is 72.0 Å². The molecule has 0 radical (unpaired) electrons. The van der Waals surface area contributed by atoms with E-state index < -0.39 is 9.84 Å². The molecule has 1 heterocycles. The summed E-state index contributed by atoms with van der Waals surface area (Å²) in [4.78, 5) is 9.42. The van der Waals surface area contributed by atoms with E-state index in [0.29, 0.717) is 6.54 Å². The van der Waals surface area contributed by atoms with E-state index in [9.17, 15) is 8.42 Å². The molecule has 0 saturated heterocycles. The molecule has 0 amide bonds. The van der Waals surface area contributed by atoms with E-state index in [0.717, 1.165) is 30.2 Å². The zero-order valence-corrected chi connectivity index (χ0v) is 16.8. The van der Waals surface area contributed by atoms with Gasteiger partial charge in [-0.2, -0.15) is 0 Å². The van der Waals surface area contributed by atoms with Crippen LogP contribution in [0.5, 0.6) is 0 Å². The average molecular weight is 354 g/mol. The second-order valence-electron chi connectivity index (χ2n) is 9.39. The Morgan fingerprint density at radius 1 is 1.08 bits per heavy atom. The van der Waals surface area contributed by atoms with Crippen molar-refractivity contribution in [3.63, 3.8) is 0 Å². The van der Waals surface area contributed by atoms with Crippen molar-refractivity contribution in [3.8, 4) is 0 Å². The number of nitrogens with zero attached hydrogens (tertiary/aromatic N) is 2. The van der Waals surface area contributed by atoms with E-state index in [1.807, 2.05) is 6.07 Å². The Labute approximate surface area is 146 Å². The lowest BCUT2D eigenvalue weighted by molar-refractivity contribution is 0.513. The SMILES string of the molecule is CC(C)(C)c1cc(NCC2(CS(C)(=O)=O)CC2)nc(C(C)(C)C)n1. The largest absolute Gasteiger partial charge is 0.369 e. The summed E-state index contributed by atoms with van der Waals surface area (Å²) in [6.07, 6.45) is 3.22. The van der Waals surface area contributed by atoms with Gasteiger partial charge in [0.1, 0.15) is 21.5 Å². The smallest absolute Gasteiger partial charge is 0.148 e. The van der Waals surface area contributed by atoms with Gasteiger partial charge < -0.3 is 5.32 Å². The van der Waals surface area contributed by atoms with E-state index >= 15 is 0 Å². The van der Waals surface area contributed by atoms with E-state index in [1.165, 1.54) is 6.26 Å². The van der Waals surface area contributed by atoms with Gasteiger partial charge in [-0.3, -0.25) is 0 Å². The van der Waals surface area contributed by atoms with Crippen LogP contribution in [0.1, 0.15) is 65.9 Å². The molecule has 1 N–H and O–H groups in total. The minimum Gasteiger partial charge on any atom is -0.369 e. The van der Waals surface area contributed by atoms with Crippen molar-refractivity contribution in [2.75, 3.05) is 23.9 Å². The summed E-state index contributed by atoms with van der Waals surface area (Å²) < 4.78 is 23.2. The molecule has 24 heavy (non-hydrogen) atoms. The number of sulfone groups is 1. The van der Waals surface area contributed by atoms with Crippen LogP contribution in [0, 0.1) is 5.41 Å². The first-order valence-electron chi connectivity index (χ1n) is 8.52. The fourth-order valence-electron chi connectivity index (χ4n) is 2.64. The van der Waals surface area contributed by atoms with E-state index in [4.69, 9.17) is 4.98 Å². The lowest BCUT2D eigenvalue weighted by Crippen LogP contribution is -2.26. The predicted octanol–water partition coefficient (Wildman–Crippen LogP) is 3.31. The Kier molecular flexibility index (Phi) is 4.77. The minimum absolute atomic E-state index is 0.0661. The summed E-state index contributed by atoms with van der Waals surface area (Å²) >= 11 is 0. The molecular weight excluding hydrogens is 322 g/mol. The van der Waals surface area contributed by atoms with Crippen LogP contribution < -0.4 is 5.32 Å². The lowest BCUT2D eigenvalue weighted by Gasteiger charge is -2.24. The zero-order chi connectivity index (χ0) is 18.4. The van der Waals surface area contributed by atoms with Gasteiger partial charge in [0.05, 0.1) is 11.4 Å². The van der Waals surface area contributed by atoms with Crippen molar-refractivity contribution >= 4 is 15.7 Å². The van der Waals surface area contributed by atoms with Crippen molar-refractivity contribution in [2.45, 2.75) is 65.2 Å². The molecule has 1 aliphatic rings. The third kappa shape index (κ3) is 5.16. The van der Waals surface area contributed by atoms with Gasteiger partial charge >= 0.3 is 0 Å². The van der Waals surface area contributed by atoms with E-state index in [2.05, 4.69) is 51.8 Å². The van der Waals surface area contributed by atoms with Gasteiger partial charge in [-0.05, 0) is 12.8 Å². The summed E-state index contributed by atoms with van der Waals surface area (Å²) in [7, 11) is -2.96. The molecule has 136 valence electrons. The van der Waals surface area contributed by atoms with E-state index in [-0.39, 0.29) is 22.0 Å². The molecule has 0 spiro atoms. The summed E-state index contributed by atoms with van der Waals surface area (Å²) in [5.41, 5.74) is 0.672. The van der Waals surface area contributed by atoms with Crippen LogP contribution in [0.2, 0.25) is 0 Å². The number of nitrogens with one attached hydrogen (secondary N) is 1. The fraction of sp³-hybridized carbons (Fsp3) is 0.778. The van der Waals surface area contributed by atoms with Crippen molar-refractivity contribution in [1.29, 1.82) is 0 Å². The molecular formula is C18H31N3O2S. The summed E-state index contributed by atoms with van der Waals surface area (Å²) in [5, 5.41) is 3.38. The summed E-state index contributed by atoms with van der Waals surface area (Å²) in [6.45, 7) is 13.4. The normalized spacial score (nSPS) is 17.6. The van der Waals surface area contributed by atoms with Crippen molar-refractivity contribution in [1.82, 2.24) is 9.97 Å². The first-order chi connectivity index (χ1) is 10.7. The first-order valence-corrected chi connectivity index (χ1v) is 10.6. The highest BCUT2D eigenvalue weighted by atomic mass is 32.2. The fourth-order valence-corrected chi connectivity index (χ4v) is 4.14. The second kappa shape index (κ2) is 5.97. The van der Waals surface area contributed by atoms with Gasteiger partial charge in [-0.1, -0.05) is 41.5 Å². The van der Waals surface area contributed by atoms with Crippen LogP contribution in [0.25, 0.3) is 0 Å². The van der Waals surface area contributed by atoms with E-state index in [1.54, 1.807) is 0 Å². The first kappa shape index (κ1) is 19.2. The Morgan fingerprint density at radius 2 is 1.67 bits per heavy atom. The Hall–Kier alpha value is -1.17. The minimum atomic E-state index is -2.96. The van der Waals surface area contributed by atoms with Crippen molar-refractivity contribution in [3.05, 3.63) is 17.6 Å². The number of hydrogen-bond donors (Lipinski definition) is 1. The summed E-state index contributed by atoms with van der Waals surface area (Å²) in [5.74, 6) is 1.85. The van der Waals surface area contributed by atoms with Crippen molar-refractivity contribution in [2.24, 2.45) is 5.41 Å². The molecule has 5 nitrogen and oxygen atoms in total. The van der Waals surface area contributed by atoms with Gasteiger partial charge in [0.25, 0.3) is 0 Å². The monoisotopic (exact) mass is 353 g/mol. The highest BCUT2D eigenvalue weighted by Gasteiger charge is 2.45. The molecule has 1 fully saturated rings. The van der Waals surface area contributed by atoms with Gasteiger partial charge in [0.2, 0.25) is 0 Å². The van der Waals surface area contributed by atoms with Crippen LogP contribution >= 0.6 is 0 Å². The standard InChI is InChI=1S/C18H31N3O2S/c1-16(2,3)13-10-14(21-15(20-13)17(4,5)6)19-11-18(8-9-18)12-24(7,22)23/h10H,8-9,11-12H2,1-7H3,(H,19,20,21). The molecule has 1 aromatic rings. The third-order valence-corrected chi connectivity index (χ3v) is 5.47. The van der Waals surface area contributed by atoms with Crippen LogP contribution in [-0.2, 0) is 20.7 Å². The molecule has 0 atom stereocenters. The van der Waals surface area contributed by atoms with Crippen LogP contribution in [0.3, 0.4) is 0 Å². The van der Waals surface area contributed by atoms with Crippen molar-refractivity contribution < 1.29 is 8.42 Å². The highest BCUT2D eigenvalue weighted by molar-refractivity contribution is 7.90. The Bertz CT molecular complexity index is 677. The molecule has 6 heteroatoms. The number of aromatic nitrogens is 2.